The fourth-order valence-electron chi connectivity index (χ4n) is 5.62. The van der Waals surface area contributed by atoms with Crippen molar-refractivity contribution in [3.8, 4) is 11.5 Å². The van der Waals surface area contributed by atoms with E-state index in [-0.39, 0.29) is 44.2 Å². The van der Waals surface area contributed by atoms with Crippen LogP contribution in [0.15, 0.2) is 71.8 Å². The summed E-state index contributed by atoms with van der Waals surface area (Å²) in [7, 11) is 1.50. The number of hydrogen-bond donors (Lipinski definition) is 5. The van der Waals surface area contributed by atoms with Gasteiger partial charge in [-0.05, 0) is 60.9 Å². The maximum Gasteiger partial charge on any atom is 0.347 e. The zero-order chi connectivity index (χ0) is 37.5. The number of benzene rings is 2. The molecule has 2 aromatic carbocycles. The smallest absolute Gasteiger partial charge is 0.347 e. The molecule has 0 saturated carbocycles. The van der Waals surface area contributed by atoms with E-state index in [1.165, 1.54) is 25.6 Å². The van der Waals surface area contributed by atoms with Crippen molar-refractivity contribution in [1.29, 1.82) is 0 Å². The number of nitrogens with one attached hydrogen (secondary N) is 5. The molecule has 0 saturated heterocycles. The van der Waals surface area contributed by atoms with Crippen LogP contribution in [0.25, 0.3) is 0 Å². The van der Waals surface area contributed by atoms with Crippen LogP contribution in [0.1, 0.15) is 44.2 Å². The van der Waals surface area contributed by atoms with Crippen LogP contribution in [0.3, 0.4) is 0 Å². The highest BCUT2D eigenvalue weighted by Crippen LogP contribution is 2.28. The van der Waals surface area contributed by atoms with Crippen LogP contribution in [-0.2, 0) is 43.4 Å². The minimum atomic E-state index is -1.15. The lowest BCUT2D eigenvalue weighted by Gasteiger charge is -2.27. The molecule has 4 rings (SSSR count). The van der Waals surface area contributed by atoms with E-state index < -0.39 is 54.0 Å². The number of nitrogens with zero attached hydrogens (tertiary/aromatic N) is 2. The molecule has 2 bridgehead atoms. The Labute approximate surface area is 302 Å². The zero-order valence-electron chi connectivity index (χ0n) is 29.7. The largest absolute Gasteiger partial charge is 0.493 e. The Hall–Kier alpha value is -5.73. The first-order chi connectivity index (χ1) is 25.0. The van der Waals surface area contributed by atoms with Crippen LogP contribution in [0.5, 0.6) is 11.5 Å². The molecule has 0 spiro atoms. The molecule has 15 heteroatoms. The lowest BCUT2D eigenvalue weighted by Crippen LogP contribution is -2.58. The molecule has 2 heterocycles. The van der Waals surface area contributed by atoms with Crippen molar-refractivity contribution in [3.63, 3.8) is 0 Å². The maximum absolute atomic E-state index is 13.9. The summed E-state index contributed by atoms with van der Waals surface area (Å²) in [6, 6.07) is 12.9. The standard InChI is InChI=1S/C37H47N7O8/c1-24(2)33-36(49)39-17-7-12-26-14-15-29(51-3)30(21-26)52-23-32(46)38-16-8-13-27(41-31(45)22-44-19-9-18-40-37(44)50)34(47)42-28(35(48)43-33)20-25-10-5-4-6-11-25/h4-6,9-11,14-15,18-19,21,24,27-28,33H,7-8,12-13,16-17,20,22-23H2,1-3H3,(H,38,46)(H,39,49)(H,41,45)(H,42,47)(H,43,48)/t27-,28-,33+/m0/s1. The van der Waals surface area contributed by atoms with Crippen molar-refractivity contribution in [2.24, 2.45) is 5.92 Å². The second-order valence-electron chi connectivity index (χ2n) is 12.8. The first kappa shape index (κ1) is 39.1. The van der Waals surface area contributed by atoms with E-state index in [4.69, 9.17) is 9.47 Å². The number of rotatable bonds is 7. The fraction of sp³-hybridized carbons (Fsp3) is 0.432. The Morgan fingerprint density at radius 2 is 1.73 bits per heavy atom. The van der Waals surface area contributed by atoms with Crippen LogP contribution >= 0.6 is 0 Å². The molecule has 278 valence electrons. The van der Waals surface area contributed by atoms with Crippen molar-refractivity contribution in [2.75, 3.05) is 26.8 Å². The molecule has 0 fully saturated rings. The molecule has 3 atom stereocenters. The normalized spacial score (nSPS) is 19.7. The minimum Gasteiger partial charge on any atom is -0.493 e. The maximum atomic E-state index is 13.9. The van der Waals surface area contributed by atoms with Gasteiger partial charge in [0.2, 0.25) is 23.6 Å². The average molecular weight is 718 g/mol. The second kappa shape index (κ2) is 19.6. The van der Waals surface area contributed by atoms with Gasteiger partial charge in [0, 0.05) is 31.9 Å². The number of ether oxygens (including phenoxy) is 2. The number of hydrogen-bond acceptors (Lipinski definition) is 9. The van der Waals surface area contributed by atoms with Gasteiger partial charge in [-0.2, -0.15) is 0 Å². The number of amides is 5. The predicted molar refractivity (Wildman–Crippen MR) is 191 cm³/mol. The third-order valence-corrected chi connectivity index (χ3v) is 8.43. The number of aryl methyl sites for hydroxylation is 1. The average Bonchev–Trinajstić information content (AvgIpc) is 3.13. The Morgan fingerprint density at radius 1 is 0.962 bits per heavy atom. The van der Waals surface area contributed by atoms with Gasteiger partial charge in [0.25, 0.3) is 5.91 Å². The Balaban J connectivity index is 1.59. The molecular weight excluding hydrogens is 670 g/mol. The molecule has 0 radical (unpaired) electrons. The van der Waals surface area contributed by atoms with E-state index in [2.05, 4.69) is 31.6 Å². The van der Waals surface area contributed by atoms with Crippen molar-refractivity contribution in [2.45, 2.75) is 70.6 Å². The van der Waals surface area contributed by atoms with E-state index in [9.17, 15) is 28.8 Å². The van der Waals surface area contributed by atoms with E-state index in [0.717, 1.165) is 15.7 Å². The van der Waals surface area contributed by atoms with Crippen LogP contribution in [-0.4, -0.2) is 84.0 Å². The van der Waals surface area contributed by atoms with E-state index >= 15 is 0 Å². The van der Waals surface area contributed by atoms with Gasteiger partial charge in [0.15, 0.2) is 18.1 Å². The molecule has 0 aliphatic carbocycles. The Morgan fingerprint density at radius 3 is 2.46 bits per heavy atom. The van der Waals surface area contributed by atoms with Gasteiger partial charge in [0.1, 0.15) is 24.7 Å². The SMILES string of the molecule is COc1ccc2cc1OCC(=O)NCCC[C@H](NC(=O)Cn1cccnc1=O)C(=O)N[C@@H](Cc1ccccc1)C(=O)N[C@H](C(C)C)C(=O)NCCC2. The summed E-state index contributed by atoms with van der Waals surface area (Å²) in [5.74, 6) is -2.06. The number of fused-ring (bicyclic) bond motifs is 2. The molecule has 5 N–H and O–H groups in total. The van der Waals surface area contributed by atoms with E-state index in [1.807, 2.05) is 50.2 Å². The zero-order valence-corrected chi connectivity index (χ0v) is 29.7. The van der Waals surface area contributed by atoms with Gasteiger partial charge in [0.05, 0.1) is 7.11 Å². The van der Waals surface area contributed by atoms with Gasteiger partial charge in [-0.1, -0.05) is 50.2 Å². The summed E-state index contributed by atoms with van der Waals surface area (Å²) < 4.78 is 12.3. The van der Waals surface area contributed by atoms with Crippen LogP contribution in [0.2, 0.25) is 0 Å². The van der Waals surface area contributed by atoms with Gasteiger partial charge < -0.3 is 36.1 Å². The fourth-order valence-corrected chi connectivity index (χ4v) is 5.62. The highest BCUT2D eigenvalue weighted by molar-refractivity contribution is 5.94. The third kappa shape index (κ3) is 12.0. The number of carbonyl (C=O) groups excluding carboxylic acids is 5. The number of carbonyl (C=O) groups is 5. The van der Waals surface area contributed by atoms with E-state index in [0.29, 0.717) is 30.9 Å². The number of methoxy groups -OCH3 is 1. The Kier molecular flexibility index (Phi) is 14.7. The first-order valence-electron chi connectivity index (χ1n) is 17.3. The summed E-state index contributed by atoms with van der Waals surface area (Å²) in [5, 5.41) is 14.0. The second-order valence-corrected chi connectivity index (χ2v) is 12.8. The van der Waals surface area contributed by atoms with Crippen LogP contribution in [0, 0.1) is 5.92 Å². The molecule has 3 aromatic rings. The quantitative estimate of drug-likeness (QED) is 0.233. The first-order valence-corrected chi connectivity index (χ1v) is 17.3. The predicted octanol–water partition coefficient (Wildman–Crippen LogP) is 0.643. The topological polar surface area (TPSA) is 199 Å². The molecule has 5 amide bonds. The molecule has 1 aliphatic heterocycles. The van der Waals surface area contributed by atoms with Crippen molar-refractivity contribution >= 4 is 29.5 Å². The highest BCUT2D eigenvalue weighted by atomic mass is 16.5. The summed E-state index contributed by atoms with van der Waals surface area (Å²) in [6.45, 7) is 3.43. The molecule has 52 heavy (non-hydrogen) atoms. The van der Waals surface area contributed by atoms with Gasteiger partial charge in [-0.25, -0.2) is 9.78 Å². The Bertz CT molecular complexity index is 1750. The summed E-state index contributed by atoms with van der Waals surface area (Å²) in [6.07, 6.45) is 4.35. The highest BCUT2D eigenvalue weighted by Gasteiger charge is 2.31. The minimum absolute atomic E-state index is 0.0766. The number of aromatic nitrogens is 2. The van der Waals surface area contributed by atoms with Crippen LogP contribution < -0.4 is 41.7 Å². The summed E-state index contributed by atoms with van der Waals surface area (Å²) in [4.78, 5) is 82.6. The summed E-state index contributed by atoms with van der Waals surface area (Å²) >= 11 is 0. The molecular formula is C37H47N7O8. The van der Waals surface area contributed by atoms with Gasteiger partial charge in [-0.15, -0.1) is 0 Å². The van der Waals surface area contributed by atoms with Crippen LogP contribution in [0.4, 0.5) is 0 Å². The molecule has 0 unspecified atom stereocenters. The van der Waals surface area contributed by atoms with Gasteiger partial charge >= 0.3 is 5.69 Å². The van der Waals surface area contributed by atoms with Crippen molar-refractivity contribution in [1.82, 2.24) is 36.1 Å². The molecule has 15 nitrogen and oxygen atoms in total. The molecule has 1 aliphatic rings. The summed E-state index contributed by atoms with van der Waals surface area (Å²) in [5.41, 5.74) is 1.04. The van der Waals surface area contributed by atoms with Gasteiger partial charge in [-0.3, -0.25) is 28.5 Å². The lowest BCUT2D eigenvalue weighted by atomic mass is 10.00. The van der Waals surface area contributed by atoms with Crippen molar-refractivity contribution < 1.29 is 33.4 Å². The third-order valence-electron chi connectivity index (χ3n) is 8.43. The lowest BCUT2D eigenvalue weighted by molar-refractivity contribution is -0.134. The van der Waals surface area contributed by atoms with Crippen molar-refractivity contribution in [3.05, 3.63) is 88.6 Å². The monoisotopic (exact) mass is 717 g/mol. The molecule has 1 aromatic heterocycles. The van der Waals surface area contributed by atoms with E-state index in [1.54, 1.807) is 12.1 Å².